The van der Waals surface area contributed by atoms with Gasteiger partial charge in [0.15, 0.2) is 5.01 Å². The van der Waals surface area contributed by atoms with E-state index in [2.05, 4.69) is 45.4 Å². The Balaban J connectivity index is 1.62. The second kappa shape index (κ2) is 7.38. The fourth-order valence-electron chi connectivity index (χ4n) is 2.68. The van der Waals surface area contributed by atoms with Crippen LogP contribution in [0.15, 0.2) is 54.4 Å². The molecule has 0 atom stereocenters. The van der Waals surface area contributed by atoms with E-state index in [1.807, 2.05) is 12.3 Å². The molecular formula is C20H16N4OS2. The number of pyridine rings is 1. The Morgan fingerprint density at radius 2 is 1.93 bits per heavy atom. The highest BCUT2D eigenvalue weighted by atomic mass is 32.1. The minimum Gasteiger partial charge on any atom is -0.320 e. The van der Waals surface area contributed by atoms with Gasteiger partial charge in [-0.05, 0) is 42.7 Å². The Morgan fingerprint density at radius 3 is 2.70 bits per heavy atom. The molecule has 3 heterocycles. The molecule has 0 unspecified atom stereocenters. The van der Waals surface area contributed by atoms with Crippen LogP contribution in [-0.4, -0.2) is 20.9 Å². The highest BCUT2D eigenvalue weighted by Gasteiger charge is 2.15. The quantitative estimate of drug-likeness (QED) is 0.518. The van der Waals surface area contributed by atoms with Gasteiger partial charge in [0.05, 0.1) is 4.88 Å². The van der Waals surface area contributed by atoms with E-state index >= 15 is 0 Å². The van der Waals surface area contributed by atoms with Gasteiger partial charge in [-0.3, -0.25) is 9.78 Å². The first-order valence-electron chi connectivity index (χ1n) is 8.30. The summed E-state index contributed by atoms with van der Waals surface area (Å²) >= 11 is 2.99. The number of nitrogens with zero attached hydrogens (tertiary/aromatic N) is 3. The van der Waals surface area contributed by atoms with E-state index in [1.165, 1.54) is 11.3 Å². The van der Waals surface area contributed by atoms with Crippen molar-refractivity contribution < 1.29 is 4.79 Å². The zero-order valence-electron chi connectivity index (χ0n) is 14.8. The molecule has 7 heteroatoms. The molecule has 0 aliphatic heterocycles. The number of nitrogens with one attached hydrogen (secondary N) is 1. The molecule has 1 amide bonds. The molecule has 4 aromatic rings. The zero-order valence-corrected chi connectivity index (χ0v) is 16.4. The van der Waals surface area contributed by atoms with Crippen LogP contribution in [0.2, 0.25) is 0 Å². The number of amides is 1. The van der Waals surface area contributed by atoms with Crippen molar-refractivity contribution in [2.24, 2.45) is 0 Å². The molecular weight excluding hydrogens is 376 g/mol. The van der Waals surface area contributed by atoms with Gasteiger partial charge in [-0.1, -0.05) is 12.1 Å². The van der Waals surface area contributed by atoms with Crippen LogP contribution in [0, 0.1) is 13.8 Å². The van der Waals surface area contributed by atoms with Gasteiger partial charge in [-0.25, -0.2) is 9.97 Å². The van der Waals surface area contributed by atoms with Crippen LogP contribution in [0.3, 0.4) is 0 Å². The van der Waals surface area contributed by atoms with Crippen LogP contribution in [0.1, 0.15) is 20.9 Å². The molecule has 0 saturated carbocycles. The summed E-state index contributed by atoms with van der Waals surface area (Å²) in [5.74, 6) is -0.214. The lowest BCUT2D eigenvalue weighted by Gasteiger charge is -2.06. The molecule has 5 nitrogen and oxygen atoms in total. The maximum absolute atomic E-state index is 12.6. The number of aromatic nitrogens is 3. The minimum absolute atomic E-state index is 0.214. The topological polar surface area (TPSA) is 67.8 Å². The van der Waals surface area contributed by atoms with Gasteiger partial charge in [0.25, 0.3) is 5.91 Å². The molecule has 3 aromatic heterocycles. The molecule has 27 heavy (non-hydrogen) atoms. The molecule has 0 aliphatic rings. The van der Waals surface area contributed by atoms with Crippen LogP contribution >= 0.6 is 22.7 Å². The molecule has 1 N–H and O–H groups in total. The summed E-state index contributed by atoms with van der Waals surface area (Å²) in [6.07, 6.45) is 6.93. The predicted molar refractivity (Wildman–Crippen MR) is 110 cm³/mol. The lowest BCUT2D eigenvalue weighted by Crippen LogP contribution is -2.12. The number of hydrogen-bond donors (Lipinski definition) is 1. The largest absolute Gasteiger partial charge is 0.320 e. The maximum atomic E-state index is 12.6. The number of rotatable bonds is 4. The molecule has 0 bridgehead atoms. The molecule has 134 valence electrons. The lowest BCUT2D eigenvalue weighted by molar-refractivity contribution is 0.102. The van der Waals surface area contributed by atoms with Gasteiger partial charge in [-0.15, -0.1) is 22.7 Å². The Labute approximate surface area is 164 Å². The van der Waals surface area contributed by atoms with Crippen molar-refractivity contribution in [1.29, 1.82) is 0 Å². The van der Waals surface area contributed by atoms with Gasteiger partial charge in [-0.2, -0.15) is 0 Å². The molecule has 1 aromatic carbocycles. The predicted octanol–water partition coefficient (Wildman–Crippen LogP) is 5.20. The Morgan fingerprint density at radius 1 is 1.04 bits per heavy atom. The summed E-state index contributed by atoms with van der Waals surface area (Å²) < 4.78 is 0. The van der Waals surface area contributed by atoms with Crippen LogP contribution in [0.5, 0.6) is 0 Å². The molecule has 4 rings (SSSR count). The number of hydrogen-bond acceptors (Lipinski definition) is 6. The fourth-order valence-corrected chi connectivity index (χ4v) is 4.21. The van der Waals surface area contributed by atoms with Crippen molar-refractivity contribution in [3.63, 3.8) is 0 Å². The van der Waals surface area contributed by atoms with Crippen molar-refractivity contribution in [2.45, 2.75) is 13.8 Å². The third-order valence-electron chi connectivity index (χ3n) is 4.15. The van der Waals surface area contributed by atoms with Gasteiger partial charge in [0, 0.05) is 41.4 Å². The summed E-state index contributed by atoms with van der Waals surface area (Å²) in [4.78, 5) is 26.3. The van der Waals surface area contributed by atoms with Crippen molar-refractivity contribution in [3.8, 4) is 21.0 Å². The number of benzene rings is 1. The van der Waals surface area contributed by atoms with Crippen molar-refractivity contribution in [3.05, 3.63) is 70.6 Å². The van der Waals surface area contributed by atoms with E-state index in [4.69, 9.17) is 0 Å². The average Bonchev–Trinajstić information content (AvgIpc) is 3.36. The van der Waals surface area contributed by atoms with Gasteiger partial charge < -0.3 is 5.32 Å². The smallest absolute Gasteiger partial charge is 0.284 e. The lowest BCUT2D eigenvalue weighted by atomic mass is 10.0. The second-order valence-corrected chi connectivity index (χ2v) is 7.97. The first kappa shape index (κ1) is 17.5. The van der Waals surface area contributed by atoms with E-state index in [0.29, 0.717) is 5.01 Å². The molecule has 0 saturated heterocycles. The number of thiazole rings is 2. The first-order valence-corrected chi connectivity index (χ1v) is 10.00. The second-order valence-electron chi connectivity index (χ2n) is 6.04. The van der Waals surface area contributed by atoms with Crippen LogP contribution in [-0.2, 0) is 0 Å². The summed E-state index contributed by atoms with van der Waals surface area (Å²) in [5, 5.41) is 6.27. The number of aryl methyl sites for hydroxylation is 2. The van der Waals surface area contributed by atoms with Crippen molar-refractivity contribution in [1.82, 2.24) is 15.0 Å². The summed E-state index contributed by atoms with van der Waals surface area (Å²) in [6.45, 7) is 3.96. The van der Waals surface area contributed by atoms with E-state index in [0.717, 1.165) is 37.8 Å². The third kappa shape index (κ3) is 3.65. The third-order valence-corrected chi connectivity index (χ3v) is 6.00. The Hall–Kier alpha value is -2.90. The summed E-state index contributed by atoms with van der Waals surface area (Å²) in [5.41, 5.74) is 4.93. The van der Waals surface area contributed by atoms with Crippen molar-refractivity contribution in [2.75, 3.05) is 5.32 Å². The number of anilines is 1. The van der Waals surface area contributed by atoms with Crippen LogP contribution in [0.25, 0.3) is 21.0 Å². The SMILES string of the molecule is Cc1cnccc1NC(=O)c1ncc(-c2cc(-c3nccs3)ccc2C)s1. The fraction of sp³-hybridized carbons (Fsp3) is 0.100. The van der Waals surface area contributed by atoms with E-state index in [1.54, 1.807) is 42.2 Å². The molecule has 0 radical (unpaired) electrons. The van der Waals surface area contributed by atoms with Gasteiger partial charge in [0.2, 0.25) is 0 Å². The Bertz CT molecular complexity index is 1100. The van der Waals surface area contributed by atoms with Crippen LogP contribution < -0.4 is 5.32 Å². The molecule has 0 aliphatic carbocycles. The Kier molecular flexibility index (Phi) is 4.79. The van der Waals surface area contributed by atoms with E-state index in [9.17, 15) is 4.79 Å². The summed E-state index contributed by atoms with van der Waals surface area (Å²) in [7, 11) is 0. The van der Waals surface area contributed by atoms with Gasteiger partial charge >= 0.3 is 0 Å². The highest BCUT2D eigenvalue weighted by molar-refractivity contribution is 7.17. The van der Waals surface area contributed by atoms with E-state index in [-0.39, 0.29) is 5.91 Å². The highest BCUT2D eigenvalue weighted by Crippen LogP contribution is 2.33. The van der Waals surface area contributed by atoms with Crippen molar-refractivity contribution >= 4 is 34.3 Å². The normalized spacial score (nSPS) is 10.7. The molecule has 0 spiro atoms. The average molecular weight is 393 g/mol. The maximum Gasteiger partial charge on any atom is 0.284 e. The summed E-state index contributed by atoms with van der Waals surface area (Å²) in [6, 6.07) is 8.03. The molecule has 0 fully saturated rings. The number of carbonyl (C=O) groups excluding carboxylic acids is 1. The minimum atomic E-state index is -0.214. The number of carbonyl (C=O) groups is 1. The van der Waals surface area contributed by atoms with E-state index < -0.39 is 0 Å². The first-order chi connectivity index (χ1) is 13.1. The zero-order chi connectivity index (χ0) is 18.8. The monoisotopic (exact) mass is 392 g/mol. The van der Waals surface area contributed by atoms with Crippen LogP contribution in [0.4, 0.5) is 5.69 Å². The van der Waals surface area contributed by atoms with Gasteiger partial charge in [0.1, 0.15) is 5.01 Å². The standard InChI is InChI=1S/C20H16N4OS2/c1-12-3-4-14(19-22-7-8-26-19)9-15(12)17-11-23-20(27-17)18(25)24-16-5-6-21-10-13(16)2/h3-11H,1-2H3,(H,21,24,25).